The molecule has 1 aromatic rings. The van der Waals surface area contributed by atoms with Crippen molar-refractivity contribution in [2.45, 2.75) is 75.3 Å². The second kappa shape index (κ2) is 8.88. The summed E-state index contributed by atoms with van der Waals surface area (Å²) in [6, 6.07) is 10.8. The van der Waals surface area contributed by atoms with E-state index >= 15 is 0 Å². The number of hydrogen-bond acceptors (Lipinski definition) is 6. The summed E-state index contributed by atoms with van der Waals surface area (Å²) in [5.74, 6) is 0.674. The van der Waals surface area contributed by atoms with Gasteiger partial charge in [-0.3, -0.25) is 14.7 Å². The highest BCUT2D eigenvalue weighted by Gasteiger charge is 2.55. The first-order valence-corrected chi connectivity index (χ1v) is 14.2. The predicted molar refractivity (Wildman–Crippen MR) is 132 cm³/mol. The topological polar surface area (TPSA) is 76.1 Å². The van der Waals surface area contributed by atoms with Gasteiger partial charge in [-0.05, 0) is 77.9 Å². The van der Waals surface area contributed by atoms with Crippen LogP contribution in [0, 0.1) is 5.92 Å². The highest BCUT2D eigenvalue weighted by Crippen LogP contribution is 2.50. The number of benzene rings is 1. The minimum absolute atomic E-state index is 0.00719. The second-order valence-electron chi connectivity index (χ2n) is 11.6. The Kier molecular flexibility index (Phi) is 6.75. The quantitative estimate of drug-likeness (QED) is 0.598. The van der Waals surface area contributed by atoms with Crippen LogP contribution in [0.4, 0.5) is 0 Å². The molecule has 2 N–H and O–H groups in total. The van der Waals surface area contributed by atoms with E-state index in [0.29, 0.717) is 12.5 Å². The lowest BCUT2D eigenvalue weighted by molar-refractivity contribution is -0.0967. The molecule has 3 fully saturated rings. The third-order valence-electron chi connectivity index (χ3n) is 8.10. The molecule has 1 heterocycles. The fourth-order valence-corrected chi connectivity index (χ4v) is 7.42. The van der Waals surface area contributed by atoms with E-state index in [4.69, 9.17) is 0 Å². The molecule has 1 saturated heterocycles. The molecular formula is C25H42N4O3S. The summed E-state index contributed by atoms with van der Waals surface area (Å²) in [4.78, 5) is 6.82. The van der Waals surface area contributed by atoms with E-state index in [1.165, 1.54) is 24.7 Å². The second-order valence-corrected chi connectivity index (χ2v) is 13.4. The van der Waals surface area contributed by atoms with Crippen molar-refractivity contribution in [3.63, 3.8) is 0 Å². The molecule has 1 aromatic carbocycles. The number of rotatable bonds is 8. The number of aliphatic hydroxyl groups excluding tert-OH is 1. The maximum atomic E-state index is 11.9. The average molecular weight is 479 g/mol. The van der Waals surface area contributed by atoms with Crippen LogP contribution in [0.3, 0.4) is 0 Å². The number of sulfonamides is 1. The highest BCUT2D eigenvalue weighted by atomic mass is 32.2. The van der Waals surface area contributed by atoms with Crippen LogP contribution in [0.1, 0.15) is 57.9 Å². The van der Waals surface area contributed by atoms with Crippen molar-refractivity contribution in [2.24, 2.45) is 5.92 Å². The molecular weight excluding hydrogens is 436 g/mol. The minimum Gasteiger partial charge on any atom is -0.365 e. The Morgan fingerprint density at radius 1 is 1.12 bits per heavy atom. The molecule has 0 radical (unpaired) electrons. The van der Waals surface area contributed by atoms with E-state index in [-0.39, 0.29) is 11.1 Å². The molecule has 186 valence electrons. The van der Waals surface area contributed by atoms with Gasteiger partial charge >= 0.3 is 0 Å². The SMILES string of the molecule is CN(C)C1(c2ccccc2)CCC2(CC1)CN(CC(C)(C)NS(C)(=O)=O)C(O)N2CC1CC1. The molecule has 0 aromatic heterocycles. The summed E-state index contributed by atoms with van der Waals surface area (Å²) in [6.45, 7) is 5.96. The first-order chi connectivity index (χ1) is 15.4. The summed E-state index contributed by atoms with van der Waals surface area (Å²) in [6.07, 6.45) is 7.11. The number of nitrogens with one attached hydrogen (secondary N) is 1. The Balaban J connectivity index is 1.56. The molecule has 0 bridgehead atoms. The van der Waals surface area contributed by atoms with Crippen molar-refractivity contribution in [3.8, 4) is 0 Å². The molecule has 2 saturated carbocycles. The van der Waals surface area contributed by atoms with Gasteiger partial charge < -0.3 is 5.11 Å². The summed E-state index contributed by atoms with van der Waals surface area (Å²) >= 11 is 0. The van der Waals surface area contributed by atoms with Crippen molar-refractivity contribution >= 4 is 10.0 Å². The predicted octanol–water partition coefficient (Wildman–Crippen LogP) is 2.39. The Hall–Kier alpha value is -1.03. The van der Waals surface area contributed by atoms with Crippen LogP contribution >= 0.6 is 0 Å². The van der Waals surface area contributed by atoms with E-state index in [1.54, 1.807) is 0 Å². The van der Waals surface area contributed by atoms with Crippen molar-refractivity contribution in [3.05, 3.63) is 35.9 Å². The van der Waals surface area contributed by atoms with E-state index in [0.717, 1.165) is 38.8 Å². The Morgan fingerprint density at radius 3 is 2.24 bits per heavy atom. The molecule has 4 rings (SSSR count). The largest absolute Gasteiger partial charge is 0.365 e. The number of nitrogens with zero attached hydrogens (tertiary/aromatic N) is 3. The van der Waals surface area contributed by atoms with E-state index < -0.39 is 21.9 Å². The number of aliphatic hydroxyl groups is 1. The maximum Gasteiger partial charge on any atom is 0.209 e. The van der Waals surface area contributed by atoms with Gasteiger partial charge in [-0.15, -0.1) is 0 Å². The van der Waals surface area contributed by atoms with Crippen molar-refractivity contribution in [1.82, 2.24) is 19.4 Å². The molecule has 7 nitrogen and oxygen atoms in total. The van der Waals surface area contributed by atoms with Crippen molar-refractivity contribution in [1.29, 1.82) is 0 Å². The van der Waals surface area contributed by atoms with Crippen LogP contribution < -0.4 is 4.72 Å². The lowest BCUT2D eigenvalue weighted by Gasteiger charge is -2.51. The Labute approximate surface area is 200 Å². The third kappa shape index (κ3) is 5.31. The van der Waals surface area contributed by atoms with Gasteiger partial charge in [-0.25, -0.2) is 13.1 Å². The summed E-state index contributed by atoms with van der Waals surface area (Å²) < 4.78 is 26.5. The van der Waals surface area contributed by atoms with Crippen LogP contribution in [-0.2, 0) is 15.6 Å². The van der Waals surface area contributed by atoms with E-state index in [2.05, 4.69) is 63.8 Å². The lowest BCUT2D eigenvalue weighted by atomic mass is 9.68. The lowest BCUT2D eigenvalue weighted by Crippen LogP contribution is -2.56. The minimum atomic E-state index is -3.33. The Bertz CT molecular complexity index is 922. The average Bonchev–Trinajstić information content (AvgIpc) is 3.50. The summed E-state index contributed by atoms with van der Waals surface area (Å²) in [5.41, 5.74) is 0.648. The van der Waals surface area contributed by atoms with Gasteiger partial charge in [0, 0.05) is 36.3 Å². The summed E-state index contributed by atoms with van der Waals surface area (Å²) in [7, 11) is 1.04. The fourth-order valence-electron chi connectivity index (χ4n) is 6.36. The van der Waals surface area contributed by atoms with Crippen molar-refractivity contribution in [2.75, 3.05) is 40.0 Å². The van der Waals surface area contributed by atoms with Crippen LogP contribution in [0.5, 0.6) is 0 Å². The first kappa shape index (κ1) is 25.1. The third-order valence-corrected chi connectivity index (χ3v) is 9.02. The normalized spacial score (nSPS) is 32.2. The van der Waals surface area contributed by atoms with Gasteiger partial charge in [-0.2, -0.15) is 0 Å². The number of hydrogen-bond donors (Lipinski definition) is 2. The standard InChI is InChI=1S/C25H42N4O3S/c1-23(2,26-33(5,31)32)18-28-19-24(29(22(28)30)17-20-11-12-20)13-15-25(16-14-24,27(3)4)21-9-7-6-8-10-21/h6-10,20,22,26,30H,11-19H2,1-5H3. The molecule has 8 heteroatoms. The smallest absolute Gasteiger partial charge is 0.209 e. The Morgan fingerprint density at radius 2 is 1.73 bits per heavy atom. The monoisotopic (exact) mass is 478 g/mol. The van der Waals surface area contributed by atoms with E-state index in [1.807, 2.05) is 13.8 Å². The van der Waals surface area contributed by atoms with Gasteiger partial charge in [0.1, 0.15) is 0 Å². The molecule has 3 aliphatic rings. The molecule has 2 aliphatic carbocycles. The zero-order chi connectivity index (χ0) is 24.1. The zero-order valence-electron chi connectivity index (χ0n) is 20.9. The van der Waals surface area contributed by atoms with E-state index in [9.17, 15) is 13.5 Å². The van der Waals surface area contributed by atoms with Crippen LogP contribution in [0.15, 0.2) is 30.3 Å². The van der Waals surface area contributed by atoms with Crippen molar-refractivity contribution < 1.29 is 13.5 Å². The van der Waals surface area contributed by atoms with Gasteiger partial charge in [0.05, 0.1) is 6.26 Å². The maximum absolute atomic E-state index is 11.9. The molecule has 1 unspecified atom stereocenters. The summed E-state index contributed by atoms with van der Waals surface area (Å²) in [5, 5.41) is 11.4. The van der Waals surface area contributed by atoms with Crippen LogP contribution in [-0.4, -0.2) is 85.6 Å². The molecule has 1 spiro atoms. The van der Waals surface area contributed by atoms with Gasteiger partial charge in [0.25, 0.3) is 0 Å². The van der Waals surface area contributed by atoms with Crippen LogP contribution in [0.25, 0.3) is 0 Å². The fraction of sp³-hybridized carbons (Fsp3) is 0.760. The highest BCUT2D eigenvalue weighted by molar-refractivity contribution is 7.88. The van der Waals surface area contributed by atoms with Gasteiger partial charge in [0.15, 0.2) is 6.35 Å². The molecule has 1 aliphatic heterocycles. The first-order valence-electron chi connectivity index (χ1n) is 12.3. The molecule has 1 atom stereocenters. The zero-order valence-corrected chi connectivity index (χ0v) is 21.7. The van der Waals surface area contributed by atoms with Gasteiger partial charge in [0.2, 0.25) is 10.0 Å². The van der Waals surface area contributed by atoms with Gasteiger partial charge in [-0.1, -0.05) is 30.3 Å². The molecule has 0 amide bonds. The van der Waals surface area contributed by atoms with Crippen LogP contribution in [0.2, 0.25) is 0 Å². The molecule has 33 heavy (non-hydrogen) atoms.